The van der Waals surface area contributed by atoms with Crippen molar-refractivity contribution in [2.24, 2.45) is 0 Å². The second kappa shape index (κ2) is 3.83. The van der Waals surface area contributed by atoms with E-state index in [9.17, 15) is 4.79 Å². The molecule has 1 amide bonds. The van der Waals surface area contributed by atoms with E-state index >= 15 is 0 Å². The Bertz CT molecular complexity index is 123. The van der Waals surface area contributed by atoms with Gasteiger partial charge in [-0.15, -0.1) is 0 Å². The van der Waals surface area contributed by atoms with Crippen molar-refractivity contribution in [3.8, 4) is 0 Å². The van der Waals surface area contributed by atoms with Gasteiger partial charge < -0.3 is 5.32 Å². The zero-order chi connectivity index (χ0) is 7.40. The van der Waals surface area contributed by atoms with Crippen molar-refractivity contribution < 1.29 is 4.79 Å². The van der Waals surface area contributed by atoms with E-state index in [0.717, 1.165) is 18.1 Å². The monoisotopic (exact) mass is 159 g/mol. The molecule has 1 N–H and O–H groups in total. The summed E-state index contributed by atoms with van der Waals surface area (Å²) in [6.45, 7) is 0.822. The minimum absolute atomic E-state index is 0.0483. The fourth-order valence-electron chi connectivity index (χ4n) is 0.846. The number of carbonyl (C=O) groups excluding carboxylic acids is 1. The van der Waals surface area contributed by atoms with Crippen molar-refractivity contribution >= 4 is 17.7 Å². The standard InChI is InChI=1S/C6H11N2OS/c1-7-6(9)5-4-10-3-2-8-5/h5H,2-4H2,1H3,(H,7,9). The van der Waals surface area contributed by atoms with Crippen molar-refractivity contribution in [2.75, 3.05) is 25.1 Å². The molecule has 1 unspecified atom stereocenters. The summed E-state index contributed by atoms with van der Waals surface area (Å²) in [5.74, 6) is 1.96. The molecule has 0 aromatic carbocycles. The number of amides is 1. The van der Waals surface area contributed by atoms with Crippen LogP contribution in [0.2, 0.25) is 0 Å². The lowest BCUT2D eigenvalue weighted by Gasteiger charge is -2.19. The predicted octanol–water partition coefficient (Wildman–Crippen LogP) is -0.548. The summed E-state index contributed by atoms with van der Waals surface area (Å²) in [6.07, 6.45) is 0. The van der Waals surface area contributed by atoms with E-state index < -0.39 is 0 Å². The Balaban J connectivity index is 2.31. The van der Waals surface area contributed by atoms with Gasteiger partial charge in [0.25, 0.3) is 0 Å². The molecule has 3 nitrogen and oxygen atoms in total. The van der Waals surface area contributed by atoms with Gasteiger partial charge in [0.15, 0.2) is 0 Å². The third kappa shape index (κ3) is 1.88. The van der Waals surface area contributed by atoms with Crippen molar-refractivity contribution in [1.29, 1.82) is 0 Å². The maximum Gasteiger partial charge on any atom is 0.239 e. The molecule has 1 fully saturated rings. The van der Waals surface area contributed by atoms with Gasteiger partial charge in [0.05, 0.1) is 0 Å². The van der Waals surface area contributed by atoms with E-state index in [-0.39, 0.29) is 11.9 Å². The lowest BCUT2D eigenvalue weighted by molar-refractivity contribution is -0.122. The first-order valence-electron chi connectivity index (χ1n) is 3.30. The molecule has 1 radical (unpaired) electrons. The predicted molar refractivity (Wildman–Crippen MR) is 42.2 cm³/mol. The Hall–Kier alpha value is -0.220. The molecule has 0 aliphatic carbocycles. The summed E-state index contributed by atoms with van der Waals surface area (Å²) in [7, 11) is 1.65. The smallest absolute Gasteiger partial charge is 0.239 e. The van der Waals surface area contributed by atoms with E-state index in [1.807, 2.05) is 0 Å². The van der Waals surface area contributed by atoms with Crippen LogP contribution in [0.3, 0.4) is 0 Å². The first-order valence-corrected chi connectivity index (χ1v) is 4.46. The average molecular weight is 159 g/mol. The summed E-state index contributed by atoms with van der Waals surface area (Å²) < 4.78 is 0. The van der Waals surface area contributed by atoms with Gasteiger partial charge in [-0.3, -0.25) is 4.79 Å². The van der Waals surface area contributed by atoms with Crippen LogP contribution < -0.4 is 10.6 Å². The Morgan fingerprint density at radius 2 is 2.60 bits per heavy atom. The van der Waals surface area contributed by atoms with Gasteiger partial charge in [0, 0.05) is 25.1 Å². The molecule has 1 heterocycles. The number of thioether (sulfide) groups is 1. The highest BCUT2D eigenvalue weighted by Gasteiger charge is 2.20. The van der Waals surface area contributed by atoms with E-state index in [0.29, 0.717) is 0 Å². The Labute approximate surface area is 64.9 Å². The van der Waals surface area contributed by atoms with E-state index in [1.165, 1.54) is 0 Å². The summed E-state index contributed by atoms with van der Waals surface area (Å²) >= 11 is 1.79. The van der Waals surface area contributed by atoms with Crippen LogP contribution >= 0.6 is 11.8 Å². The molecule has 0 bridgehead atoms. The normalized spacial score (nSPS) is 25.9. The summed E-state index contributed by atoms with van der Waals surface area (Å²) in [5.41, 5.74) is 0. The van der Waals surface area contributed by atoms with Gasteiger partial charge in [-0.25, -0.2) is 5.32 Å². The fourth-order valence-corrected chi connectivity index (χ4v) is 1.73. The maximum absolute atomic E-state index is 10.9. The molecule has 4 heteroatoms. The second-order valence-corrected chi connectivity index (χ2v) is 3.26. The van der Waals surface area contributed by atoms with Gasteiger partial charge in [-0.2, -0.15) is 11.8 Å². The van der Waals surface area contributed by atoms with Gasteiger partial charge in [0.2, 0.25) is 5.91 Å². The van der Waals surface area contributed by atoms with Crippen molar-refractivity contribution in [3.05, 3.63) is 0 Å². The molecule has 0 saturated carbocycles. The zero-order valence-corrected chi connectivity index (χ0v) is 6.78. The number of nitrogens with one attached hydrogen (secondary N) is 1. The van der Waals surface area contributed by atoms with Crippen LogP contribution in [-0.4, -0.2) is 37.0 Å². The Kier molecular flexibility index (Phi) is 3.02. The number of hydrogen-bond acceptors (Lipinski definition) is 2. The van der Waals surface area contributed by atoms with Crippen LogP contribution in [0.5, 0.6) is 0 Å². The van der Waals surface area contributed by atoms with Crippen LogP contribution in [0.1, 0.15) is 0 Å². The van der Waals surface area contributed by atoms with Crippen LogP contribution in [0, 0.1) is 0 Å². The molecule has 0 aromatic heterocycles. The molecule has 1 aliphatic rings. The molecule has 1 rings (SSSR count). The van der Waals surface area contributed by atoms with Gasteiger partial charge >= 0.3 is 0 Å². The highest BCUT2D eigenvalue weighted by molar-refractivity contribution is 7.99. The van der Waals surface area contributed by atoms with E-state index in [1.54, 1.807) is 18.8 Å². The van der Waals surface area contributed by atoms with Gasteiger partial charge in [-0.05, 0) is 0 Å². The highest BCUT2D eigenvalue weighted by atomic mass is 32.2. The number of likely N-dealkylation sites (N-methyl/N-ethyl adjacent to an activating group) is 1. The van der Waals surface area contributed by atoms with Crippen molar-refractivity contribution in [2.45, 2.75) is 6.04 Å². The number of nitrogens with zero attached hydrogens (tertiary/aromatic N) is 1. The molecule has 57 valence electrons. The quantitative estimate of drug-likeness (QED) is 0.558. The van der Waals surface area contributed by atoms with E-state index in [2.05, 4.69) is 10.6 Å². The second-order valence-electron chi connectivity index (χ2n) is 2.11. The topological polar surface area (TPSA) is 43.2 Å². The molecule has 10 heavy (non-hydrogen) atoms. The molecule has 0 spiro atoms. The largest absolute Gasteiger partial charge is 0.358 e. The zero-order valence-electron chi connectivity index (χ0n) is 5.96. The third-order valence-electron chi connectivity index (χ3n) is 1.41. The molecular weight excluding hydrogens is 148 g/mol. The first-order chi connectivity index (χ1) is 4.84. The highest BCUT2D eigenvalue weighted by Crippen LogP contribution is 2.08. The number of hydrogen-bond donors (Lipinski definition) is 1. The van der Waals surface area contributed by atoms with Crippen LogP contribution in [0.4, 0.5) is 0 Å². The minimum Gasteiger partial charge on any atom is -0.358 e. The van der Waals surface area contributed by atoms with Crippen LogP contribution in [0.25, 0.3) is 0 Å². The Morgan fingerprint density at radius 1 is 1.80 bits per heavy atom. The maximum atomic E-state index is 10.9. The first kappa shape index (κ1) is 7.88. The SMILES string of the molecule is CNC(=O)C1CSCC[N]1. The van der Waals surface area contributed by atoms with Crippen molar-refractivity contribution in [3.63, 3.8) is 0 Å². The van der Waals surface area contributed by atoms with Crippen LogP contribution in [-0.2, 0) is 4.79 Å². The fraction of sp³-hybridized carbons (Fsp3) is 0.833. The molecule has 0 aromatic rings. The number of carbonyl (C=O) groups is 1. The number of rotatable bonds is 1. The van der Waals surface area contributed by atoms with Crippen LogP contribution in [0.15, 0.2) is 0 Å². The third-order valence-corrected chi connectivity index (χ3v) is 2.43. The molecule has 1 atom stereocenters. The lowest BCUT2D eigenvalue weighted by atomic mass is 10.3. The molecule has 1 saturated heterocycles. The van der Waals surface area contributed by atoms with E-state index in [4.69, 9.17) is 0 Å². The molecule has 1 aliphatic heterocycles. The lowest BCUT2D eigenvalue weighted by Crippen LogP contribution is -2.43. The van der Waals surface area contributed by atoms with Gasteiger partial charge in [-0.1, -0.05) is 0 Å². The van der Waals surface area contributed by atoms with Crippen molar-refractivity contribution in [1.82, 2.24) is 10.6 Å². The summed E-state index contributed by atoms with van der Waals surface area (Å²) in [5, 5.41) is 6.76. The average Bonchev–Trinajstić information content (AvgIpc) is 2.05. The summed E-state index contributed by atoms with van der Waals surface area (Å²) in [6, 6.07) is -0.0938. The molecular formula is C6H11N2OS. The Morgan fingerprint density at radius 3 is 3.10 bits per heavy atom. The summed E-state index contributed by atoms with van der Waals surface area (Å²) in [4.78, 5) is 10.9. The minimum atomic E-state index is -0.0938. The van der Waals surface area contributed by atoms with Gasteiger partial charge in [0.1, 0.15) is 6.04 Å².